The average Bonchev–Trinajstić information content (AvgIpc) is 3.02. The van der Waals surface area contributed by atoms with E-state index in [1.807, 2.05) is 12.1 Å². The number of halogens is 1. The molecule has 4 aromatic rings. The molecule has 0 unspecified atom stereocenters. The van der Waals surface area contributed by atoms with Crippen LogP contribution in [0.15, 0.2) is 51.8 Å². The van der Waals surface area contributed by atoms with Crippen molar-refractivity contribution in [2.45, 2.75) is 25.7 Å². The van der Waals surface area contributed by atoms with Gasteiger partial charge in [0.15, 0.2) is 23.0 Å². The summed E-state index contributed by atoms with van der Waals surface area (Å²) in [4.78, 5) is 34.3. The van der Waals surface area contributed by atoms with Crippen molar-refractivity contribution in [3.8, 4) is 0 Å². The maximum absolute atomic E-state index is 14.3. The normalized spacial score (nSPS) is 13.6. The number of H-pyrrole nitrogens is 1. The lowest BCUT2D eigenvalue weighted by atomic mass is 10.0. The smallest absolute Gasteiger partial charge is 0.408 e. The lowest BCUT2D eigenvalue weighted by molar-refractivity contribution is 0.0982. The zero-order valence-corrected chi connectivity index (χ0v) is 16.4. The molecular weight excluding hydrogens is 401 g/mol. The molecule has 156 valence electrons. The second-order valence-corrected chi connectivity index (χ2v) is 7.37. The first-order chi connectivity index (χ1) is 15.0. The number of carbonyl (C=O) groups is 1. The van der Waals surface area contributed by atoms with Crippen LogP contribution in [0.2, 0.25) is 0 Å². The monoisotopic (exact) mass is 419 g/mol. The largest absolute Gasteiger partial charge is 0.417 e. The molecule has 2 aromatic heterocycles. The number of Topliss-reactive ketones (excluding diaryl/α,β-unsaturated/α-hetero) is 1. The molecule has 0 saturated carbocycles. The number of nitrogens with zero attached hydrogens (tertiary/aromatic N) is 2. The summed E-state index contributed by atoms with van der Waals surface area (Å²) in [5.41, 5.74) is 3.90. The minimum atomic E-state index is -0.626. The summed E-state index contributed by atoms with van der Waals surface area (Å²) in [6, 6.07) is 10.4. The van der Waals surface area contributed by atoms with Crippen LogP contribution in [-0.2, 0) is 6.42 Å². The van der Waals surface area contributed by atoms with E-state index < -0.39 is 11.6 Å². The molecule has 0 saturated heterocycles. The molecule has 8 nitrogen and oxygen atoms in total. The van der Waals surface area contributed by atoms with Gasteiger partial charge >= 0.3 is 5.76 Å². The van der Waals surface area contributed by atoms with Crippen molar-refractivity contribution in [3.05, 3.63) is 70.1 Å². The highest BCUT2D eigenvalue weighted by molar-refractivity contribution is 5.98. The van der Waals surface area contributed by atoms with E-state index in [1.54, 1.807) is 24.3 Å². The zero-order chi connectivity index (χ0) is 21.4. The molecule has 0 atom stereocenters. The van der Waals surface area contributed by atoms with Crippen LogP contribution in [0.25, 0.3) is 11.1 Å². The summed E-state index contributed by atoms with van der Waals surface area (Å²) in [7, 11) is 0. The zero-order valence-electron chi connectivity index (χ0n) is 16.4. The highest BCUT2D eigenvalue weighted by Gasteiger charge is 2.16. The summed E-state index contributed by atoms with van der Waals surface area (Å²) in [5, 5.41) is 5.96. The van der Waals surface area contributed by atoms with Gasteiger partial charge in [0.2, 0.25) is 5.95 Å². The van der Waals surface area contributed by atoms with E-state index >= 15 is 0 Å². The lowest BCUT2D eigenvalue weighted by Crippen LogP contribution is -2.05. The van der Waals surface area contributed by atoms with Gasteiger partial charge in [0.25, 0.3) is 0 Å². The Balaban J connectivity index is 1.40. The fourth-order valence-corrected chi connectivity index (χ4v) is 3.70. The Labute approximate surface area is 175 Å². The number of nitrogens with one attached hydrogen (secondary N) is 3. The molecule has 2 aromatic carbocycles. The van der Waals surface area contributed by atoms with Gasteiger partial charge in [-0.25, -0.2) is 14.2 Å². The Bertz CT molecular complexity index is 1360. The molecule has 0 amide bonds. The number of hydrogen-bond acceptors (Lipinski definition) is 7. The predicted molar refractivity (Wildman–Crippen MR) is 114 cm³/mol. The molecule has 3 N–H and O–H groups in total. The number of fused-ring (bicyclic) bond motifs is 2. The van der Waals surface area contributed by atoms with E-state index in [1.165, 1.54) is 0 Å². The van der Waals surface area contributed by atoms with Gasteiger partial charge in [-0.2, -0.15) is 4.98 Å². The van der Waals surface area contributed by atoms with Gasteiger partial charge < -0.3 is 15.1 Å². The third-order valence-corrected chi connectivity index (χ3v) is 5.19. The molecule has 0 fully saturated rings. The van der Waals surface area contributed by atoms with Crippen LogP contribution in [0.3, 0.4) is 0 Å². The van der Waals surface area contributed by atoms with E-state index in [4.69, 9.17) is 4.42 Å². The van der Waals surface area contributed by atoms with Gasteiger partial charge in [0, 0.05) is 23.4 Å². The highest BCUT2D eigenvalue weighted by Crippen LogP contribution is 2.26. The molecular formula is C22H18FN5O3. The van der Waals surface area contributed by atoms with Crippen molar-refractivity contribution in [3.63, 3.8) is 0 Å². The fraction of sp³-hybridized carbons (Fsp3) is 0.182. The van der Waals surface area contributed by atoms with Gasteiger partial charge in [-0.1, -0.05) is 0 Å². The van der Waals surface area contributed by atoms with Crippen molar-refractivity contribution in [2.75, 3.05) is 10.6 Å². The Morgan fingerprint density at radius 3 is 2.71 bits per heavy atom. The van der Waals surface area contributed by atoms with Gasteiger partial charge in [-0.15, -0.1) is 0 Å². The molecule has 1 aliphatic carbocycles. The van der Waals surface area contributed by atoms with Gasteiger partial charge in [0.1, 0.15) is 0 Å². The molecule has 2 heterocycles. The molecule has 1 aliphatic rings. The molecule has 0 radical (unpaired) electrons. The molecule has 31 heavy (non-hydrogen) atoms. The van der Waals surface area contributed by atoms with E-state index in [2.05, 4.69) is 25.6 Å². The van der Waals surface area contributed by atoms with Gasteiger partial charge in [-0.3, -0.25) is 9.78 Å². The van der Waals surface area contributed by atoms with Crippen LogP contribution in [0.4, 0.5) is 27.5 Å². The van der Waals surface area contributed by atoms with Crippen molar-refractivity contribution in [2.24, 2.45) is 0 Å². The maximum atomic E-state index is 14.3. The Morgan fingerprint density at radius 1 is 1.00 bits per heavy atom. The van der Waals surface area contributed by atoms with E-state index in [9.17, 15) is 14.0 Å². The van der Waals surface area contributed by atoms with Gasteiger partial charge in [-0.05, 0) is 61.2 Å². The number of aromatic nitrogens is 3. The molecule has 9 heteroatoms. The predicted octanol–water partition coefficient (Wildman–Crippen LogP) is 4.45. The van der Waals surface area contributed by atoms with Crippen molar-refractivity contribution < 1.29 is 13.6 Å². The van der Waals surface area contributed by atoms with E-state index in [0.717, 1.165) is 42.3 Å². The van der Waals surface area contributed by atoms with Crippen molar-refractivity contribution >= 4 is 40.0 Å². The second-order valence-electron chi connectivity index (χ2n) is 7.37. The summed E-state index contributed by atoms with van der Waals surface area (Å²) < 4.78 is 19.3. The molecule has 0 spiro atoms. The first-order valence-corrected chi connectivity index (χ1v) is 9.91. The lowest BCUT2D eigenvalue weighted by Gasteiger charge is -2.11. The Hall–Kier alpha value is -4.01. The van der Waals surface area contributed by atoms with Gasteiger partial charge in [0.05, 0.1) is 11.7 Å². The third-order valence-electron chi connectivity index (χ3n) is 5.19. The Morgan fingerprint density at radius 2 is 1.81 bits per heavy atom. The molecule has 5 rings (SSSR count). The topological polar surface area (TPSA) is 113 Å². The molecule has 0 bridgehead atoms. The van der Waals surface area contributed by atoms with Crippen LogP contribution < -0.4 is 16.4 Å². The fourth-order valence-electron chi connectivity index (χ4n) is 3.70. The first-order valence-electron chi connectivity index (χ1n) is 9.91. The SMILES string of the molecule is O=C1CCCCc2cc(Nc3ncc(F)c(Nc4ccc5oc(=O)[nH]c5c4)n3)ccc21. The van der Waals surface area contributed by atoms with Crippen molar-refractivity contribution in [1.29, 1.82) is 0 Å². The standard InChI is InChI=1S/C22H18FN5O3/c23-16-11-24-21(26-13-5-7-15-12(9-13)3-1-2-4-18(15)29)28-20(16)25-14-6-8-19-17(10-14)27-22(30)31-19/h5-11H,1-4H2,(H,27,30)(H2,24,25,26,28). The quantitative estimate of drug-likeness (QED) is 0.419. The van der Waals surface area contributed by atoms with Crippen LogP contribution in [-0.4, -0.2) is 20.7 Å². The summed E-state index contributed by atoms with van der Waals surface area (Å²) >= 11 is 0. The van der Waals surface area contributed by atoms with E-state index in [-0.39, 0.29) is 17.5 Å². The van der Waals surface area contributed by atoms with Crippen LogP contribution >= 0.6 is 0 Å². The first kappa shape index (κ1) is 19.0. The highest BCUT2D eigenvalue weighted by atomic mass is 19.1. The summed E-state index contributed by atoms with van der Waals surface area (Å²) in [6.07, 6.45) is 4.35. The minimum absolute atomic E-state index is 0.0207. The van der Waals surface area contributed by atoms with Crippen LogP contribution in [0.1, 0.15) is 35.2 Å². The van der Waals surface area contributed by atoms with Crippen molar-refractivity contribution in [1.82, 2.24) is 15.0 Å². The number of hydrogen-bond donors (Lipinski definition) is 3. The summed E-state index contributed by atoms with van der Waals surface area (Å²) in [5.74, 6) is -0.832. The number of anilines is 4. The number of rotatable bonds is 4. The Kier molecular flexibility index (Phi) is 4.70. The third kappa shape index (κ3) is 3.89. The number of aryl methyl sites for hydroxylation is 1. The summed E-state index contributed by atoms with van der Waals surface area (Å²) in [6.45, 7) is 0. The van der Waals surface area contributed by atoms with Crippen LogP contribution in [0, 0.1) is 5.82 Å². The number of oxazole rings is 1. The minimum Gasteiger partial charge on any atom is -0.408 e. The maximum Gasteiger partial charge on any atom is 0.417 e. The molecule has 0 aliphatic heterocycles. The number of benzene rings is 2. The second kappa shape index (κ2) is 7.67. The number of carbonyl (C=O) groups excluding carboxylic acids is 1. The average molecular weight is 419 g/mol. The number of aromatic amines is 1. The van der Waals surface area contributed by atoms with Crippen LogP contribution in [0.5, 0.6) is 0 Å². The number of ketones is 1. The van der Waals surface area contributed by atoms with E-state index in [0.29, 0.717) is 23.2 Å².